The van der Waals surface area contributed by atoms with Gasteiger partial charge < -0.3 is 24.8 Å². The van der Waals surface area contributed by atoms with Crippen molar-refractivity contribution in [2.24, 2.45) is 28.6 Å². The lowest BCUT2D eigenvalue weighted by Gasteiger charge is -2.58. The molecule has 9 atom stereocenters. The number of ether oxygens (including phenoxy) is 2. The lowest BCUT2D eigenvalue weighted by atomic mass is 9.46. The number of hydrogen-bond acceptors (Lipinski definition) is 7. The van der Waals surface area contributed by atoms with Crippen LogP contribution in [-0.2, 0) is 19.1 Å². The molecule has 26 heavy (non-hydrogen) atoms. The van der Waals surface area contributed by atoms with Gasteiger partial charge in [0, 0.05) is 30.4 Å². The number of fused-ring (bicyclic) bond motifs is 2. The fourth-order valence-corrected chi connectivity index (χ4v) is 6.18. The molecule has 0 aromatic carbocycles. The number of esters is 2. The second-order valence-electron chi connectivity index (χ2n) is 8.92. The lowest BCUT2D eigenvalue weighted by molar-refractivity contribution is -0.176. The average molecular weight is 366 g/mol. The Balaban J connectivity index is 1.88. The van der Waals surface area contributed by atoms with Gasteiger partial charge in [-0.2, -0.15) is 0 Å². The molecule has 2 heterocycles. The summed E-state index contributed by atoms with van der Waals surface area (Å²) in [5.41, 5.74) is -0.861. The maximum Gasteiger partial charge on any atom is 0.331 e. The summed E-state index contributed by atoms with van der Waals surface area (Å²) < 4.78 is 11.1. The Morgan fingerprint density at radius 1 is 1.19 bits per heavy atom. The Morgan fingerprint density at radius 3 is 2.50 bits per heavy atom. The zero-order chi connectivity index (χ0) is 19.0. The Labute approximate surface area is 152 Å². The highest BCUT2D eigenvalue weighted by Gasteiger charge is 2.71. The molecule has 0 amide bonds. The van der Waals surface area contributed by atoms with E-state index in [1.54, 1.807) is 13.8 Å². The van der Waals surface area contributed by atoms with Gasteiger partial charge in [-0.3, -0.25) is 4.79 Å². The van der Waals surface area contributed by atoms with Crippen LogP contribution < -0.4 is 0 Å². The molecule has 2 saturated carbocycles. The third-order valence-corrected chi connectivity index (χ3v) is 7.18. The van der Waals surface area contributed by atoms with Crippen LogP contribution in [-0.4, -0.2) is 58.3 Å². The highest BCUT2D eigenvalue weighted by molar-refractivity contribution is 5.85. The van der Waals surface area contributed by atoms with Crippen molar-refractivity contribution < 1.29 is 34.4 Å². The molecule has 0 radical (unpaired) electrons. The van der Waals surface area contributed by atoms with E-state index in [4.69, 9.17) is 9.47 Å². The first-order chi connectivity index (χ1) is 12.1. The largest absolute Gasteiger partial charge is 0.459 e. The summed E-state index contributed by atoms with van der Waals surface area (Å²) in [6.45, 7) is 5.28. The number of aliphatic hydroxyl groups excluding tert-OH is 3. The molecule has 4 rings (SSSR count). The zero-order valence-corrected chi connectivity index (χ0v) is 15.2. The van der Waals surface area contributed by atoms with Crippen LogP contribution in [0.2, 0.25) is 0 Å². The summed E-state index contributed by atoms with van der Waals surface area (Å²) in [6, 6.07) is 0. The van der Waals surface area contributed by atoms with Crippen LogP contribution in [0.3, 0.4) is 0 Å². The number of aliphatic hydroxyl groups is 3. The van der Waals surface area contributed by atoms with Gasteiger partial charge in [-0.15, -0.1) is 0 Å². The monoisotopic (exact) mass is 366 g/mol. The first-order valence-electron chi connectivity index (χ1n) is 9.24. The summed E-state index contributed by atoms with van der Waals surface area (Å²) >= 11 is 0. The summed E-state index contributed by atoms with van der Waals surface area (Å²) in [4.78, 5) is 24.9. The van der Waals surface area contributed by atoms with Gasteiger partial charge in [0.05, 0.1) is 11.5 Å². The van der Waals surface area contributed by atoms with Crippen molar-refractivity contribution in [2.75, 3.05) is 6.61 Å². The number of carbonyl (C=O) groups is 2. The number of rotatable bonds is 2. The Kier molecular flexibility index (Phi) is 3.82. The number of carbonyl (C=O) groups excluding carboxylic acids is 2. The molecule has 2 aliphatic carbocycles. The number of cyclic esters (lactones) is 1. The first kappa shape index (κ1) is 17.9. The molecule has 144 valence electrons. The van der Waals surface area contributed by atoms with E-state index in [0.717, 1.165) is 0 Å². The van der Waals surface area contributed by atoms with Crippen LogP contribution in [0.1, 0.15) is 33.6 Å². The molecule has 7 heteroatoms. The molecule has 0 aromatic heterocycles. The second-order valence-corrected chi connectivity index (χ2v) is 8.92. The van der Waals surface area contributed by atoms with Crippen molar-refractivity contribution in [1.29, 1.82) is 0 Å². The van der Waals surface area contributed by atoms with Crippen molar-refractivity contribution >= 4 is 11.9 Å². The smallest absolute Gasteiger partial charge is 0.331 e. The van der Waals surface area contributed by atoms with Gasteiger partial charge >= 0.3 is 11.9 Å². The Bertz CT molecular complexity index is 687. The van der Waals surface area contributed by atoms with Crippen LogP contribution in [0.15, 0.2) is 11.6 Å². The molecule has 1 saturated heterocycles. The van der Waals surface area contributed by atoms with Crippen LogP contribution >= 0.6 is 0 Å². The van der Waals surface area contributed by atoms with Crippen molar-refractivity contribution in [3.8, 4) is 0 Å². The van der Waals surface area contributed by atoms with E-state index in [0.29, 0.717) is 12.0 Å². The molecule has 3 N–H and O–H groups in total. The Morgan fingerprint density at radius 2 is 1.85 bits per heavy atom. The molecule has 4 aliphatic rings. The molecular weight excluding hydrogens is 340 g/mol. The third-order valence-electron chi connectivity index (χ3n) is 7.18. The molecular formula is C19H26O7. The van der Waals surface area contributed by atoms with Crippen molar-refractivity contribution in [3.63, 3.8) is 0 Å². The molecule has 3 fully saturated rings. The molecule has 2 aliphatic heterocycles. The molecule has 7 nitrogen and oxygen atoms in total. The second kappa shape index (κ2) is 5.53. The van der Waals surface area contributed by atoms with Crippen LogP contribution in [0.4, 0.5) is 0 Å². The molecule has 7 unspecified atom stereocenters. The van der Waals surface area contributed by atoms with Crippen LogP contribution in [0.25, 0.3) is 0 Å². The van der Waals surface area contributed by atoms with Crippen molar-refractivity contribution in [3.05, 3.63) is 11.6 Å². The van der Waals surface area contributed by atoms with E-state index in [1.165, 1.54) is 6.08 Å². The van der Waals surface area contributed by atoms with Gasteiger partial charge in [-0.25, -0.2) is 4.79 Å². The summed E-state index contributed by atoms with van der Waals surface area (Å²) in [5.74, 6) is -2.18. The quantitative estimate of drug-likeness (QED) is 0.597. The lowest BCUT2D eigenvalue weighted by Crippen LogP contribution is -2.63. The van der Waals surface area contributed by atoms with E-state index >= 15 is 0 Å². The van der Waals surface area contributed by atoms with Crippen molar-refractivity contribution in [1.82, 2.24) is 0 Å². The molecule has 0 aromatic rings. The van der Waals surface area contributed by atoms with Gasteiger partial charge in [0.2, 0.25) is 0 Å². The molecule has 0 bridgehead atoms. The SMILES string of the molecule is CC(CO)C1OC(=O)C=C2C1[C@H](O)C1OC(=O)[C@@]3(C)CC(O)CC2(C)C13. The zero-order valence-electron chi connectivity index (χ0n) is 15.2. The summed E-state index contributed by atoms with van der Waals surface area (Å²) in [7, 11) is 0. The van der Waals surface area contributed by atoms with Gasteiger partial charge in [-0.1, -0.05) is 13.8 Å². The van der Waals surface area contributed by atoms with E-state index in [2.05, 4.69) is 0 Å². The fourth-order valence-electron chi connectivity index (χ4n) is 6.18. The maximum absolute atomic E-state index is 12.6. The van der Waals surface area contributed by atoms with Crippen LogP contribution in [0.5, 0.6) is 0 Å². The predicted octanol–water partition coefficient (Wildman–Crippen LogP) is 0.166. The minimum atomic E-state index is -1.02. The van der Waals surface area contributed by atoms with Gasteiger partial charge in [0.25, 0.3) is 0 Å². The third kappa shape index (κ3) is 2.11. The van der Waals surface area contributed by atoms with E-state index in [9.17, 15) is 24.9 Å². The number of hydrogen-bond donors (Lipinski definition) is 3. The molecule has 0 spiro atoms. The van der Waals surface area contributed by atoms with E-state index in [-0.39, 0.29) is 24.9 Å². The summed E-state index contributed by atoms with van der Waals surface area (Å²) in [5, 5.41) is 31.2. The van der Waals surface area contributed by atoms with Gasteiger partial charge in [0.1, 0.15) is 18.3 Å². The van der Waals surface area contributed by atoms with Gasteiger partial charge in [0.15, 0.2) is 0 Å². The minimum absolute atomic E-state index is 0.195. The van der Waals surface area contributed by atoms with E-state index in [1.807, 2.05) is 6.92 Å². The highest BCUT2D eigenvalue weighted by atomic mass is 16.6. The fraction of sp³-hybridized carbons (Fsp3) is 0.789. The standard InChI is InChI=1S/C19H26O7/c1-8(7-20)14-12-10(4-11(22)25-14)18(2)5-9(21)6-19(3)16(18)15(13(12)23)26-17(19)24/h4,8-9,12-16,20-21,23H,5-7H2,1-3H3/t8?,9?,12?,13-,14?,15?,16?,18?,19-/m0/s1. The van der Waals surface area contributed by atoms with E-state index < -0.39 is 53.1 Å². The topological polar surface area (TPSA) is 113 Å². The maximum atomic E-state index is 12.6. The normalized spacial score (nSPS) is 50.9. The Hall–Kier alpha value is -1.44. The van der Waals surface area contributed by atoms with Gasteiger partial charge in [-0.05, 0) is 30.8 Å². The summed E-state index contributed by atoms with van der Waals surface area (Å²) in [6.07, 6.45) is -1.05. The van der Waals surface area contributed by atoms with Crippen molar-refractivity contribution in [2.45, 2.75) is 58.0 Å². The highest BCUT2D eigenvalue weighted by Crippen LogP contribution is 2.66. The van der Waals surface area contributed by atoms with Crippen LogP contribution in [0, 0.1) is 28.6 Å². The minimum Gasteiger partial charge on any atom is -0.459 e. The predicted molar refractivity (Wildman–Crippen MR) is 88.5 cm³/mol. The first-order valence-corrected chi connectivity index (χ1v) is 9.24. The average Bonchev–Trinajstić information content (AvgIpc) is 2.83.